The molecule has 0 amide bonds. The predicted molar refractivity (Wildman–Crippen MR) is 105 cm³/mol. The molecule has 2 rings (SSSR count). The lowest BCUT2D eigenvalue weighted by Crippen LogP contribution is -2.28. The summed E-state index contributed by atoms with van der Waals surface area (Å²) in [4.78, 5) is 0. The number of hydrogen-bond donors (Lipinski definition) is 0. The van der Waals surface area contributed by atoms with Crippen molar-refractivity contribution in [2.45, 2.75) is 99.4 Å². The fourth-order valence-corrected chi connectivity index (χ4v) is 3.77. The third kappa shape index (κ3) is 7.62. The monoisotopic (exact) mass is 344 g/mol. The van der Waals surface area contributed by atoms with Gasteiger partial charge in [0.2, 0.25) is 0 Å². The Morgan fingerprint density at radius 2 is 1.52 bits per heavy atom. The summed E-state index contributed by atoms with van der Waals surface area (Å²) in [6, 6.07) is 0. The molecule has 2 aliphatic heterocycles. The smallest absolute Gasteiger partial charge is 0.103 e. The summed E-state index contributed by atoms with van der Waals surface area (Å²) in [5, 5.41) is 0. The number of ether oxygens (including phenoxy) is 2. The minimum Gasteiger partial charge on any atom is -0.366 e. The van der Waals surface area contributed by atoms with Crippen molar-refractivity contribution in [3.63, 3.8) is 0 Å². The van der Waals surface area contributed by atoms with Crippen LogP contribution in [-0.4, -0.2) is 29.5 Å². The van der Waals surface area contributed by atoms with Crippen LogP contribution in [0, 0.1) is 10.8 Å². The molecule has 138 valence electrons. The van der Waals surface area contributed by atoms with Gasteiger partial charge in [-0.05, 0) is 23.7 Å². The lowest BCUT2D eigenvalue weighted by Gasteiger charge is -2.26. The molecule has 2 nitrogen and oxygen atoms in total. The lowest BCUT2D eigenvalue weighted by molar-refractivity contribution is -0.00238. The summed E-state index contributed by atoms with van der Waals surface area (Å²) in [7, 11) is 0. The van der Waals surface area contributed by atoms with Gasteiger partial charge in [0.05, 0.1) is 18.3 Å². The third-order valence-electron chi connectivity index (χ3n) is 4.13. The zero-order chi connectivity index (χ0) is 17.0. The Kier molecular flexibility index (Phi) is 9.49. The van der Waals surface area contributed by atoms with E-state index in [1.807, 2.05) is 11.8 Å². The Labute approximate surface area is 149 Å². The zero-order valence-electron chi connectivity index (χ0n) is 15.8. The molecule has 2 heterocycles. The summed E-state index contributed by atoms with van der Waals surface area (Å²) in [6.07, 6.45) is 7.72. The molecule has 4 atom stereocenters. The molecule has 0 aromatic rings. The number of rotatable bonds is 2. The van der Waals surface area contributed by atoms with E-state index >= 15 is 0 Å². The van der Waals surface area contributed by atoms with Crippen LogP contribution >= 0.6 is 11.8 Å². The van der Waals surface area contributed by atoms with E-state index in [-0.39, 0.29) is 12.8 Å². The zero-order valence-corrected chi connectivity index (χ0v) is 16.6. The Morgan fingerprint density at radius 3 is 1.78 bits per heavy atom. The van der Waals surface area contributed by atoms with Crippen LogP contribution in [0.1, 0.15) is 75.7 Å². The maximum atomic E-state index is 5.84. The molecule has 1 saturated heterocycles. The second-order valence-electron chi connectivity index (χ2n) is 8.42. The molecule has 0 N–H and O–H groups in total. The van der Waals surface area contributed by atoms with E-state index < -0.39 is 0 Å². The highest BCUT2D eigenvalue weighted by molar-refractivity contribution is 8.00. The molecule has 23 heavy (non-hydrogen) atoms. The third-order valence-corrected chi connectivity index (χ3v) is 5.44. The molecule has 0 aromatic carbocycles. The van der Waals surface area contributed by atoms with Crippen LogP contribution in [0.2, 0.25) is 0 Å². The van der Waals surface area contributed by atoms with Gasteiger partial charge in [-0.2, -0.15) is 0 Å². The lowest BCUT2D eigenvalue weighted by atomic mass is 9.89. The van der Waals surface area contributed by atoms with Gasteiger partial charge < -0.3 is 9.47 Å². The molecular weight excluding hydrogens is 304 g/mol. The first-order chi connectivity index (χ1) is 10.1. The molecule has 0 aliphatic carbocycles. The first-order valence-corrected chi connectivity index (χ1v) is 9.73. The average molecular weight is 345 g/mol. The molecule has 2 aliphatic rings. The van der Waals surface area contributed by atoms with Crippen molar-refractivity contribution >= 4 is 11.8 Å². The van der Waals surface area contributed by atoms with Crippen molar-refractivity contribution in [2.75, 3.05) is 5.75 Å². The largest absolute Gasteiger partial charge is 0.366 e. The second kappa shape index (κ2) is 9.48. The fraction of sp³-hybridized carbons (Fsp3) is 0.900. The summed E-state index contributed by atoms with van der Waals surface area (Å²) in [5.74, 6) is 1.17. The topological polar surface area (TPSA) is 18.5 Å². The highest BCUT2D eigenvalue weighted by Crippen LogP contribution is 2.36. The van der Waals surface area contributed by atoms with Gasteiger partial charge in [0.1, 0.15) is 5.44 Å². The molecule has 3 heteroatoms. The summed E-state index contributed by atoms with van der Waals surface area (Å²) in [5.41, 5.74) is 1.02. The van der Waals surface area contributed by atoms with Crippen LogP contribution in [0.3, 0.4) is 0 Å². The normalized spacial score (nSPS) is 30.6. The first-order valence-electron chi connectivity index (χ1n) is 8.68. The predicted octanol–water partition coefficient (Wildman–Crippen LogP) is 6.30. The maximum absolute atomic E-state index is 5.84. The van der Waals surface area contributed by atoms with E-state index in [4.69, 9.17) is 9.47 Å². The Bertz CT molecular complexity index is 352. The molecule has 0 bridgehead atoms. The van der Waals surface area contributed by atoms with Crippen LogP contribution in [-0.2, 0) is 9.47 Å². The maximum Gasteiger partial charge on any atom is 0.103 e. The van der Waals surface area contributed by atoms with Crippen molar-refractivity contribution in [3.8, 4) is 0 Å². The van der Waals surface area contributed by atoms with Crippen molar-refractivity contribution in [1.29, 1.82) is 0 Å². The van der Waals surface area contributed by atoms with Crippen molar-refractivity contribution in [3.05, 3.63) is 12.2 Å². The van der Waals surface area contributed by atoms with Gasteiger partial charge >= 0.3 is 0 Å². The molecule has 0 radical (unpaired) electrons. The van der Waals surface area contributed by atoms with E-state index in [0.717, 1.165) is 12.8 Å². The van der Waals surface area contributed by atoms with E-state index in [1.165, 1.54) is 5.75 Å². The molecule has 0 unspecified atom stereocenters. The van der Waals surface area contributed by atoms with E-state index in [9.17, 15) is 0 Å². The SMILES string of the molecule is C.CC[C@@H]1O[C@H](C(C)(C)C)CS1.CC[C@H]1C=C[C@@H](C(C)(C)C)O1. The van der Waals surface area contributed by atoms with Crippen LogP contribution in [0.5, 0.6) is 0 Å². The Morgan fingerprint density at radius 1 is 0.913 bits per heavy atom. The van der Waals surface area contributed by atoms with Gasteiger partial charge in [0.25, 0.3) is 0 Å². The van der Waals surface area contributed by atoms with E-state index in [1.54, 1.807) is 0 Å². The fourth-order valence-electron chi connectivity index (χ4n) is 2.35. The van der Waals surface area contributed by atoms with Gasteiger partial charge in [0.15, 0.2) is 0 Å². The highest BCUT2D eigenvalue weighted by atomic mass is 32.2. The van der Waals surface area contributed by atoms with Crippen molar-refractivity contribution in [1.82, 2.24) is 0 Å². The Hall–Kier alpha value is 0.01000. The highest BCUT2D eigenvalue weighted by Gasteiger charge is 2.33. The standard InChI is InChI=1S/C10H18O.C9H18OS.CH4/c1-5-8-6-7-9(11-8)10(2,3)4;1-5-8-10-7(6-11-8)9(2,3)4;/h6-9H,5H2,1-4H3;7-8H,5-6H2,1-4H3;1H4/t8-,9-;7-,8+;/m00./s1. The van der Waals surface area contributed by atoms with Crippen molar-refractivity contribution in [2.24, 2.45) is 10.8 Å². The molecule has 1 fully saturated rings. The quantitative estimate of drug-likeness (QED) is 0.547. The minimum absolute atomic E-state index is 0. The molecular formula is C20H40O2S. The van der Waals surface area contributed by atoms with Crippen LogP contribution in [0.25, 0.3) is 0 Å². The van der Waals surface area contributed by atoms with Crippen LogP contribution in [0.15, 0.2) is 12.2 Å². The van der Waals surface area contributed by atoms with Crippen LogP contribution in [0.4, 0.5) is 0 Å². The second-order valence-corrected chi connectivity index (χ2v) is 9.61. The Balaban J connectivity index is 0.000000403. The summed E-state index contributed by atoms with van der Waals surface area (Å²) >= 11 is 1.96. The van der Waals surface area contributed by atoms with Gasteiger partial charge in [0, 0.05) is 5.75 Å². The van der Waals surface area contributed by atoms with Gasteiger partial charge in [-0.15, -0.1) is 11.8 Å². The van der Waals surface area contributed by atoms with Crippen molar-refractivity contribution < 1.29 is 9.47 Å². The van der Waals surface area contributed by atoms with E-state index in [2.05, 4.69) is 67.5 Å². The van der Waals surface area contributed by atoms with Crippen LogP contribution < -0.4 is 0 Å². The molecule has 0 spiro atoms. The van der Waals surface area contributed by atoms with E-state index in [0.29, 0.717) is 29.2 Å². The minimum atomic E-state index is 0. The van der Waals surface area contributed by atoms with Gasteiger partial charge in [-0.1, -0.05) is 75.0 Å². The molecule has 0 saturated carbocycles. The summed E-state index contributed by atoms with van der Waals surface area (Å²) in [6.45, 7) is 17.7. The number of thioether (sulfide) groups is 1. The number of hydrogen-bond acceptors (Lipinski definition) is 3. The summed E-state index contributed by atoms with van der Waals surface area (Å²) < 4.78 is 11.6. The molecule has 0 aromatic heterocycles. The van der Waals surface area contributed by atoms with Gasteiger partial charge in [-0.3, -0.25) is 0 Å². The first kappa shape index (κ1) is 23.0. The average Bonchev–Trinajstić information content (AvgIpc) is 3.07. The van der Waals surface area contributed by atoms with Gasteiger partial charge in [-0.25, -0.2) is 0 Å².